The molecular weight excluding hydrogens is 1430 g/mol. The number of nitrogens with zero attached hydrogens (tertiary/aromatic N) is 9. The number of hydrogen-bond acceptors (Lipinski definition) is 26. The van der Waals surface area contributed by atoms with Gasteiger partial charge in [0.15, 0.2) is 17.5 Å². The van der Waals surface area contributed by atoms with Gasteiger partial charge in [0.05, 0.1) is 40.5 Å². The number of carbonyl (C=O) groups is 3. The van der Waals surface area contributed by atoms with E-state index in [1.165, 1.54) is 14.1 Å². The predicted molar refractivity (Wildman–Crippen MR) is 418 cm³/mol. The Morgan fingerprint density at radius 2 is 0.907 bits per heavy atom. The van der Waals surface area contributed by atoms with Crippen LogP contribution in [0.15, 0.2) is 224 Å². The van der Waals surface area contributed by atoms with Crippen molar-refractivity contribution in [1.82, 2.24) is 46.0 Å². The molecule has 108 heavy (non-hydrogen) atoms. The minimum atomic E-state index is -0.875. The molecule has 0 bridgehead atoms. The van der Waals surface area contributed by atoms with Crippen molar-refractivity contribution in [1.29, 1.82) is 10.5 Å². The summed E-state index contributed by atoms with van der Waals surface area (Å²) in [6.45, 7) is 14.3. The number of hydrogen-bond donors (Lipinski definition) is 13. The third kappa shape index (κ3) is 45.0. The molecule has 11 rings (SSSR count). The van der Waals surface area contributed by atoms with Crippen LogP contribution >= 0.6 is 12.4 Å². The number of amides is 1. The molecule has 4 aromatic heterocycles. The van der Waals surface area contributed by atoms with E-state index in [9.17, 15) is 19.2 Å². The van der Waals surface area contributed by atoms with E-state index in [4.69, 9.17) is 56.6 Å². The zero-order valence-corrected chi connectivity index (χ0v) is 67.4. The van der Waals surface area contributed by atoms with Gasteiger partial charge in [-0.2, -0.15) is 30.7 Å². The normalized spacial score (nSPS) is 8.94. The molecule has 7 aromatic carbocycles. The summed E-state index contributed by atoms with van der Waals surface area (Å²) in [6.07, 6.45) is 2.49. The van der Waals surface area contributed by atoms with Crippen molar-refractivity contribution in [3.05, 3.63) is 249 Å². The summed E-state index contributed by atoms with van der Waals surface area (Å²) in [4.78, 5) is 65.4. The maximum absolute atomic E-state index is 12.1. The molecule has 0 spiro atoms. The van der Waals surface area contributed by atoms with Crippen molar-refractivity contribution in [2.45, 2.75) is 80.1 Å². The monoisotopic (exact) mass is 1520 g/mol. The van der Waals surface area contributed by atoms with Crippen LogP contribution in [0.1, 0.15) is 95.7 Å². The number of H-pyrrole nitrogens is 2. The van der Waals surface area contributed by atoms with Gasteiger partial charge in [-0.05, 0) is 69.9 Å². The summed E-state index contributed by atoms with van der Waals surface area (Å²) < 4.78 is 10.2. The van der Waals surface area contributed by atoms with Crippen molar-refractivity contribution < 1.29 is 78.7 Å². The van der Waals surface area contributed by atoms with Gasteiger partial charge in [-0.3, -0.25) is 24.0 Å². The Hall–Kier alpha value is -10.6. The predicted octanol–water partition coefficient (Wildman–Crippen LogP) is 5.90. The summed E-state index contributed by atoms with van der Waals surface area (Å²) in [5, 5.41) is 83.9. The van der Waals surface area contributed by atoms with E-state index < -0.39 is 5.97 Å². The maximum atomic E-state index is 12.1. The standard InChI is InChI=1S/C22H22N6O3.C11H14N4O.C11H10N2O3.C7H8N2O.2C7H5N.3C2H6.2CH5N.CH2O3.ClH.H3NO.2Na/c29-18(11-12-19-25-20(28-31-19)15-7-2-1-3-8-15)23-13-6-14-24-21-16-9-4-5-10-17(16)22(30)27-26-21;12-6-3-7-13-10-8-4-1-2-5-9(8)11(16)15-14-10;14-10(15)7-6-9-12-11(13-16-9)8-4-2-1-3-5-8;8-7(9-10)6-4-2-1-3-5-6;2*8-6-7-4-2-1-3-5-7;5*1-2;2-1-4-3;;1-2;;/h1-5,7-10H,6,11-14H2,(H,23,29)(H,24,26)(H,27,30);1-2,4-5H,3,6-7,12H2,(H,13,14)(H,15,16);1-5H,6-7H2,(H,14,15);1-5,10H,(H2,8,9);2*1-5H;3*1-2H3;2*2H2,1H3;1,3H;1H;2H,1H2;;/q;;;;;;;;;;;;;;;+1/p-1. The molecule has 34 heteroatoms. The zero-order chi connectivity index (χ0) is 78.7. The summed E-state index contributed by atoms with van der Waals surface area (Å²) in [5.41, 5.74) is 23.2. The van der Waals surface area contributed by atoms with Crippen molar-refractivity contribution in [2.24, 2.45) is 34.0 Å². The molecule has 18 N–H and O–H groups in total. The summed E-state index contributed by atoms with van der Waals surface area (Å²) in [5.74, 6) is 5.79. The third-order valence-corrected chi connectivity index (χ3v) is 12.2. The molecule has 0 saturated heterocycles. The minimum absolute atomic E-state index is 0. The van der Waals surface area contributed by atoms with E-state index in [0.29, 0.717) is 89.4 Å². The molecule has 4 heterocycles. The van der Waals surface area contributed by atoms with Gasteiger partial charge in [0, 0.05) is 95.9 Å². The number of carboxylic acid groups (broad SMARTS) is 1. The first-order valence-electron chi connectivity index (χ1n) is 32.9. The van der Waals surface area contributed by atoms with Crippen LogP contribution in [-0.4, -0.2) is 150 Å². The Labute approximate surface area is 678 Å². The number of rotatable bonds is 19. The van der Waals surface area contributed by atoms with Crippen LogP contribution in [0.3, 0.4) is 0 Å². The molecule has 1 radical (unpaired) electrons. The Balaban J connectivity index is -0.000000398. The Morgan fingerprint density at radius 3 is 1.24 bits per heavy atom. The van der Waals surface area contributed by atoms with Gasteiger partial charge in [0.2, 0.25) is 29.3 Å². The Bertz CT molecular complexity index is 4210. The number of nitriles is 2. The van der Waals surface area contributed by atoms with Crippen LogP contribution in [0.2, 0.25) is 0 Å². The molecule has 0 saturated carbocycles. The molecule has 0 unspecified atom stereocenters. The molecule has 0 aliphatic carbocycles. The third-order valence-electron chi connectivity index (χ3n) is 12.2. The fraction of sp³-hybridized carbons (Fsp3) is 0.243. The SMILES string of the molecule is CC.CC.CC.CN.CN.Cl.N#Cc1ccccc1.N#Cc1ccccc1.N/C(=N\O)c1ccccc1.NCCCNc1n[nH]c(=O)c2ccccc12.NO.O=C(CCc1nc(-c2ccccc2)no1)NCCCNc1n[nH]c(=O)c2ccccc12.O=C(O)CCc1nc(-c2ccccc2)no1.O=CO[O-].[Na+].[Na]. The first-order chi connectivity index (χ1) is 51.4. The fourth-order valence-corrected chi connectivity index (χ4v) is 7.67. The second-order valence-corrected chi connectivity index (χ2v) is 18.7. The van der Waals surface area contributed by atoms with E-state index in [2.05, 4.69) is 84.0 Å². The molecule has 0 atom stereocenters. The van der Waals surface area contributed by atoms with Gasteiger partial charge >= 0.3 is 35.5 Å². The van der Waals surface area contributed by atoms with Gasteiger partial charge in [0.25, 0.3) is 17.6 Å². The van der Waals surface area contributed by atoms with Gasteiger partial charge in [-0.15, -0.1) is 12.4 Å². The van der Waals surface area contributed by atoms with E-state index in [1.54, 1.807) is 48.5 Å². The summed E-state index contributed by atoms with van der Waals surface area (Å²) in [7, 11) is 3.00. The molecule has 1 amide bonds. The van der Waals surface area contributed by atoms with Gasteiger partial charge in [0.1, 0.15) is 0 Å². The number of anilines is 2. The molecule has 0 aliphatic rings. The van der Waals surface area contributed by atoms with E-state index in [1.807, 2.05) is 205 Å². The van der Waals surface area contributed by atoms with Crippen LogP contribution in [0, 0.1) is 22.7 Å². The maximum Gasteiger partial charge on any atom is 1.00 e. The summed E-state index contributed by atoms with van der Waals surface area (Å²) >= 11 is 0. The van der Waals surface area contributed by atoms with Crippen molar-refractivity contribution in [3.63, 3.8) is 0 Å². The average Bonchev–Trinajstić information content (AvgIpc) is 1.34. The quantitative estimate of drug-likeness (QED) is 0.00654. The van der Waals surface area contributed by atoms with E-state index >= 15 is 0 Å². The molecule has 569 valence electrons. The average molecular weight is 1530 g/mol. The van der Waals surface area contributed by atoms with Crippen molar-refractivity contribution in [3.8, 4) is 34.9 Å². The number of nitrogens with one attached hydrogen (secondary N) is 5. The number of benzene rings is 7. The van der Waals surface area contributed by atoms with Crippen LogP contribution in [0.25, 0.3) is 44.3 Å². The first-order valence-corrected chi connectivity index (χ1v) is 32.9. The van der Waals surface area contributed by atoms with Crippen LogP contribution in [-0.2, 0) is 32.1 Å². The molecular formula is C74H97ClN19Na2O12. The van der Waals surface area contributed by atoms with Crippen LogP contribution < -0.4 is 90.7 Å². The number of nitrogens with two attached hydrogens (primary N) is 5. The second-order valence-electron chi connectivity index (χ2n) is 18.7. The first kappa shape index (κ1) is 106. The van der Waals surface area contributed by atoms with Crippen LogP contribution in [0.5, 0.6) is 0 Å². The number of fused-ring (bicyclic) bond motifs is 2. The molecule has 11 aromatic rings. The fourth-order valence-electron chi connectivity index (χ4n) is 7.67. The zero-order valence-electron chi connectivity index (χ0n) is 62.5. The van der Waals surface area contributed by atoms with Gasteiger partial charge in [-0.1, -0.05) is 221 Å². The second kappa shape index (κ2) is 72.0. The number of aromatic nitrogens is 8. The van der Waals surface area contributed by atoms with Gasteiger partial charge < -0.3 is 73.6 Å². The number of halogens is 1. The molecule has 0 fully saturated rings. The van der Waals surface area contributed by atoms with E-state index in [0.717, 1.165) is 40.4 Å². The van der Waals surface area contributed by atoms with E-state index in [-0.39, 0.29) is 120 Å². The number of amidine groups is 1. The Morgan fingerprint density at radius 1 is 0.574 bits per heavy atom. The van der Waals surface area contributed by atoms with Crippen LogP contribution in [0.4, 0.5) is 11.6 Å². The smallest absolute Gasteiger partial charge is 0.662 e. The minimum Gasteiger partial charge on any atom is -0.662 e. The van der Waals surface area contributed by atoms with Gasteiger partial charge in [-0.25, -0.2) is 16.1 Å². The van der Waals surface area contributed by atoms with Crippen molar-refractivity contribution in [2.75, 3.05) is 50.9 Å². The molecule has 31 nitrogen and oxygen atoms in total. The number of carboxylic acids is 1. The number of carbonyl (C=O) groups excluding carboxylic acids is 2. The number of aliphatic carboxylic acids is 1. The summed E-state index contributed by atoms with van der Waals surface area (Å²) in [6, 6.07) is 65.0. The molecule has 0 aliphatic heterocycles. The van der Waals surface area contributed by atoms with Crippen molar-refractivity contribution >= 4 is 99.3 Å². The largest absolute Gasteiger partial charge is 1.00 e. The number of oxime groups is 1. The topological polar surface area (TPSA) is 540 Å². The number of aromatic amines is 2. The Kier molecular flexibility index (Phi) is 70.7. The number of aryl methyl sites for hydroxylation is 2.